The van der Waals surface area contributed by atoms with Crippen LogP contribution in [0.15, 0.2) is 60.8 Å². The first kappa shape index (κ1) is 61.9. The third-order valence-electron chi connectivity index (χ3n) is 12.4. The van der Waals surface area contributed by atoms with Crippen LogP contribution in [0.4, 0.5) is 0 Å². The first-order chi connectivity index (χ1) is 32.4. The molecule has 9 nitrogen and oxygen atoms in total. The Balaban J connectivity index is 2.19. The molecule has 1 fully saturated rings. The molecule has 0 radical (unpaired) electrons. The average Bonchev–Trinajstić information content (AvgIpc) is 3.32. The van der Waals surface area contributed by atoms with Crippen molar-refractivity contribution in [2.24, 2.45) is 0 Å². The maximum absolute atomic E-state index is 12.9. The van der Waals surface area contributed by atoms with Crippen LogP contribution in [0.25, 0.3) is 0 Å². The van der Waals surface area contributed by atoms with Crippen molar-refractivity contribution in [2.75, 3.05) is 26.4 Å². The summed E-state index contributed by atoms with van der Waals surface area (Å²) in [6.45, 7) is 4.52. The van der Waals surface area contributed by atoms with Gasteiger partial charge < -0.3 is 39.4 Å². The van der Waals surface area contributed by atoms with Gasteiger partial charge in [0.15, 0.2) is 6.29 Å². The van der Waals surface area contributed by atoms with E-state index in [9.17, 15) is 25.2 Å². The second-order valence-electron chi connectivity index (χ2n) is 18.7. The van der Waals surface area contributed by atoms with E-state index >= 15 is 0 Å². The topological polar surface area (TPSA) is 135 Å². The zero-order valence-electron chi connectivity index (χ0n) is 42.4. The molecule has 0 spiro atoms. The van der Waals surface area contributed by atoms with Crippen LogP contribution in [-0.2, 0) is 23.7 Å². The molecule has 0 aromatic heterocycles. The normalized spacial score (nSPS) is 19.8. The predicted octanol–water partition coefficient (Wildman–Crippen LogP) is 13.8. The van der Waals surface area contributed by atoms with Crippen molar-refractivity contribution in [1.82, 2.24) is 0 Å². The number of allylic oxidation sites excluding steroid dienone is 10. The summed E-state index contributed by atoms with van der Waals surface area (Å²) in [5.41, 5.74) is 0. The molecule has 0 amide bonds. The van der Waals surface area contributed by atoms with Gasteiger partial charge in [-0.05, 0) is 83.5 Å². The zero-order chi connectivity index (χ0) is 47.8. The predicted molar refractivity (Wildman–Crippen MR) is 274 cm³/mol. The van der Waals surface area contributed by atoms with E-state index in [4.69, 9.17) is 18.9 Å². The number of aliphatic hydroxyl groups excluding tert-OH is 4. The number of carbonyl (C=O) groups excluding carboxylic acids is 1. The molecule has 1 aliphatic rings. The molecule has 0 saturated carbocycles. The minimum absolute atomic E-state index is 0.119. The lowest BCUT2D eigenvalue weighted by Gasteiger charge is -2.39. The summed E-state index contributed by atoms with van der Waals surface area (Å²) in [6, 6.07) is 0. The van der Waals surface area contributed by atoms with E-state index in [1.807, 2.05) is 0 Å². The SMILES string of the molecule is CCCCC/C=C\C/C=C\CCCCCCCCCCCC(=O)OC(COCCCCCCCCCCC/C=C\C/C=C\C/C=C\CCCCCCC)COC1OC(CO)C(O)C(O)C1O. The van der Waals surface area contributed by atoms with E-state index in [0.717, 1.165) is 51.4 Å². The van der Waals surface area contributed by atoms with Crippen molar-refractivity contribution >= 4 is 5.97 Å². The fourth-order valence-electron chi connectivity index (χ4n) is 8.12. The standard InChI is InChI=1S/C57H102O9/c1-3-5-7-9-11-13-15-17-19-21-23-24-25-26-27-29-31-33-35-37-39-41-43-45-47-63-49-51(50-64-57-56(62)55(61)54(60)52(48-58)66-57)65-53(59)46-44-42-40-38-36-34-32-30-28-22-20-18-16-14-12-10-8-6-4-2/h12,14-15,17-18,20-21,23,25-26,51-52,54-58,60-62H,3-11,13,16,19,22,24,27-50H2,1-2H3/b14-12-,17-15-,20-18-,23-21-,26-25-. The highest BCUT2D eigenvalue weighted by Crippen LogP contribution is 2.23. The van der Waals surface area contributed by atoms with Gasteiger partial charge in [-0.15, -0.1) is 0 Å². The van der Waals surface area contributed by atoms with Crippen LogP contribution < -0.4 is 0 Å². The van der Waals surface area contributed by atoms with Crippen molar-refractivity contribution in [3.05, 3.63) is 60.8 Å². The van der Waals surface area contributed by atoms with Gasteiger partial charge in [0.05, 0.1) is 19.8 Å². The van der Waals surface area contributed by atoms with Crippen molar-refractivity contribution < 1.29 is 44.2 Å². The molecule has 66 heavy (non-hydrogen) atoms. The molecule has 0 aromatic rings. The van der Waals surface area contributed by atoms with Crippen molar-refractivity contribution in [1.29, 1.82) is 0 Å². The van der Waals surface area contributed by atoms with E-state index in [1.54, 1.807) is 0 Å². The smallest absolute Gasteiger partial charge is 0.306 e. The van der Waals surface area contributed by atoms with Gasteiger partial charge in [-0.3, -0.25) is 4.79 Å². The zero-order valence-corrected chi connectivity index (χ0v) is 42.4. The fourth-order valence-corrected chi connectivity index (χ4v) is 8.12. The van der Waals surface area contributed by atoms with Crippen LogP contribution in [0, 0.1) is 0 Å². The maximum Gasteiger partial charge on any atom is 0.306 e. The minimum Gasteiger partial charge on any atom is -0.457 e. The first-order valence-corrected chi connectivity index (χ1v) is 27.4. The number of hydrogen-bond donors (Lipinski definition) is 4. The molecule has 384 valence electrons. The minimum atomic E-state index is -1.54. The number of aliphatic hydroxyl groups is 4. The second kappa shape index (κ2) is 47.9. The van der Waals surface area contributed by atoms with E-state index in [0.29, 0.717) is 13.0 Å². The molecular formula is C57H102O9. The van der Waals surface area contributed by atoms with Crippen molar-refractivity contribution in [2.45, 2.75) is 269 Å². The molecule has 4 N–H and O–H groups in total. The van der Waals surface area contributed by atoms with E-state index in [1.165, 1.54) is 161 Å². The molecule has 0 aromatic carbocycles. The Labute approximate surface area is 405 Å². The highest BCUT2D eigenvalue weighted by molar-refractivity contribution is 5.69. The van der Waals surface area contributed by atoms with Crippen LogP contribution in [-0.4, -0.2) is 89.6 Å². The largest absolute Gasteiger partial charge is 0.457 e. The first-order valence-electron chi connectivity index (χ1n) is 27.4. The monoisotopic (exact) mass is 931 g/mol. The highest BCUT2D eigenvalue weighted by atomic mass is 16.7. The van der Waals surface area contributed by atoms with E-state index in [2.05, 4.69) is 74.6 Å². The Hall–Kier alpha value is -2.11. The number of ether oxygens (including phenoxy) is 4. The molecule has 1 heterocycles. The quantitative estimate of drug-likeness (QED) is 0.0267. The van der Waals surface area contributed by atoms with Gasteiger partial charge in [-0.1, -0.05) is 203 Å². The molecule has 9 heteroatoms. The number of hydrogen-bond acceptors (Lipinski definition) is 9. The van der Waals surface area contributed by atoms with Crippen LogP contribution in [0.2, 0.25) is 0 Å². The molecular weight excluding hydrogens is 829 g/mol. The molecule has 1 rings (SSSR count). The Morgan fingerprint density at radius 3 is 1.35 bits per heavy atom. The number of esters is 1. The summed E-state index contributed by atoms with van der Waals surface area (Å²) in [7, 11) is 0. The van der Waals surface area contributed by atoms with E-state index in [-0.39, 0.29) is 19.2 Å². The number of unbranched alkanes of at least 4 members (excludes halogenated alkanes) is 26. The lowest BCUT2D eigenvalue weighted by atomic mass is 9.99. The molecule has 1 aliphatic heterocycles. The Morgan fingerprint density at radius 2 is 0.879 bits per heavy atom. The van der Waals surface area contributed by atoms with E-state index < -0.39 is 43.4 Å². The lowest BCUT2D eigenvalue weighted by molar-refractivity contribution is -0.305. The third-order valence-corrected chi connectivity index (χ3v) is 12.4. The van der Waals surface area contributed by atoms with Gasteiger partial charge in [0.1, 0.15) is 30.5 Å². The van der Waals surface area contributed by atoms with Crippen molar-refractivity contribution in [3.8, 4) is 0 Å². The van der Waals surface area contributed by atoms with Gasteiger partial charge in [0, 0.05) is 13.0 Å². The number of rotatable bonds is 47. The Bertz CT molecular complexity index is 1200. The average molecular weight is 931 g/mol. The van der Waals surface area contributed by atoms with Gasteiger partial charge >= 0.3 is 5.97 Å². The molecule has 0 bridgehead atoms. The summed E-state index contributed by atoms with van der Waals surface area (Å²) >= 11 is 0. The summed E-state index contributed by atoms with van der Waals surface area (Å²) in [4.78, 5) is 12.9. The van der Waals surface area contributed by atoms with Crippen LogP contribution in [0.3, 0.4) is 0 Å². The van der Waals surface area contributed by atoms with Crippen LogP contribution in [0.5, 0.6) is 0 Å². The fraction of sp³-hybridized carbons (Fsp3) is 0.807. The highest BCUT2D eigenvalue weighted by Gasteiger charge is 2.44. The Morgan fingerprint density at radius 1 is 0.485 bits per heavy atom. The molecule has 0 aliphatic carbocycles. The van der Waals surface area contributed by atoms with Gasteiger partial charge in [-0.2, -0.15) is 0 Å². The number of carbonyl (C=O) groups is 1. The summed E-state index contributed by atoms with van der Waals surface area (Å²) in [6.07, 6.45) is 55.4. The Kier molecular flexibility index (Phi) is 45.0. The van der Waals surface area contributed by atoms with Gasteiger partial charge in [-0.25, -0.2) is 0 Å². The molecule has 6 unspecified atom stereocenters. The van der Waals surface area contributed by atoms with Gasteiger partial charge in [0.2, 0.25) is 0 Å². The summed E-state index contributed by atoms with van der Waals surface area (Å²) < 4.78 is 22.9. The van der Waals surface area contributed by atoms with Crippen LogP contribution in [0.1, 0.15) is 232 Å². The lowest BCUT2D eigenvalue weighted by Crippen LogP contribution is -2.59. The summed E-state index contributed by atoms with van der Waals surface area (Å²) in [5, 5.41) is 40.3. The van der Waals surface area contributed by atoms with Crippen molar-refractivity contribution in [3.63, 3.8) is 0 Å². The molecule has 1 saturated heterocycles. The van der Waals surface area contributed by atoms with Gasteiger partial charge in [0.25, 0.3) is 0 Å². The second-order valence-corrected chi connectivity index (χ2v) is 18.7. The third kappa shape index (κ3) is 37.8. The summed E-state index contributed by atoms with van der Waals surface area (Å²) in [5.74, 6) is -0.320. The van der Waals surface area contributed by atoms with Crippen LogP contribution >= 0.6 is 0 Å². The molecule has 6 atom stereocenters. The maximum atomic E-state index is 12.9.